The molecule has 0 radical (unpaired) electrons. The van der Waals surface area contributed by atoms with Gasteiger partial charge in [0.05, 0.1) is 0 Å². The predicted molar refractivity (Wildman–Crippen MR) is 83.5 cm³/mol. The molecule has 1 aromatic heterocycles. The van der Waals surface area contributed by atoms with Gasteiger partial charge in [-0.15, -0.1) is 0 Å². The Kier molecular flexibility index (Phi) is 4.18. The molecule has 118 valence electrons. The number of nitro groups is 1. The van der Waals surface area contributed by atoms with E-state index in [0.29, 0.717) is 6.54 Å². The number of aryl methyl sites for hydroxylation is 1. The van der Waals surface area contributed by atoms with Gasteiger partial charge in [0, 0.05) is 12.2 Å². The van der Waals surface area contributed by atoms with Crippen molar-refractivity contribution < 1.29 is 14.5 Å². The SMILES string of the molecule is O=C(COc1cccnc1[N+](=O)[O-])N1CCCc2ccccc21. The van der Waals surface area contributed by atoms with Crippen molar-refractivity contribution in [2.24, 2.45) is 0 Å². The molecule has 23 heavy (non-hydrogen) atoms. The number of amides is 1. The number of aromatic nitrogens is 1. The van der Waals surface area contributed by atoms with Gasteiger partial charge in [-0.1, -0.05) is 18.2 Å². The first-order chi connectivity index (χ1) is 11.2. The molecule has 0 saturated heterocycles. The maximum Gasteiger partial charge on any atom is 0.406 e. The zero-order chi connectivity index (χ0) is 16.2. The van der Waals surface area contributed by atoms with Crippen LogP contribution in [0, 0.1) is 10.1 Å². The third-order valence-corrected chi connectivity index (χ3v) is 3.69. The summed E-state index contributed by atoms with van der Waals surface area (Å²) >= 11 is 0. The topological polar surface area (TPSA) is 85.6 Å². The number of carbonyl (C=O) groups excluding carboxylic acids is 1. The molecule has 7 heteroatoms. The Hall–Kier alpha value is -2.96. The number of benzene rings is 1. The average molecular weight is 313 g/mol. The van der Waals surface area contributed by atoms with Crippen LogP contribution in [-0.2, 0) is 11.2 Å². The standard InChI is InChI=1S/C16H15N3O4/c20-15(11-23-14-8-3-9-17-16(14)19(21)22)18-10-4-6-12-5-1-2-7-13(12)18/h1-3,5,7-9H,4,6,10-11H2. The summed E-state index contributed by atoms with van der Waals surface area (Å²) in [5.74, 6) is -0.620. The van der Waals surface area contributed by atoms with E-state index >= 15 is 0 Å². The predicted octanol–water partition coefficient (Wildman–Crippen LogP) is 2.35. The minimum absolute atomic E-state index is 0.00357. The van der Waals surface area contributed by atoms with Gasteiger partial charge in [0.2, 0.25) is 5.75 Å². The lowest BCUT2D eigenvalue weighted by Gasteiger charge is -2.29. The lowest BCUT2D eigenvalue weighted by Crippen LogP contribution is -2.38. The van der Waals surface area contributed by atoms with Crippen LogP contribution in [0.5, 0.6) is 5.75 Å². The molecule has 2 aromatic rings. The van der Waals surface area contributed by atoms with E-state index in [9.17, 15) is 14.9 Å². The second-order valence-corrected chi connectivity index (χ2v) is 5.15. The van der Waals surface area contributed by atoms with Crippen molar-refractivity contribution in [2.75, 3.05) is 18.1 Å². The van der Waals surface area contributed by atoms with Crippen LogP contribution in [0.2, 0.25) is 0 Å². The lowest BCUT2D eigenvalue weighted by atomic mass is 10.0. The van der Waals surface area contributed by atoms with Crippen LogP contribution in [0.25, 0.3) is 0 Å². The van der Waals surface area contributed by atoms with Crippen molar-refractivity contribution in [3.63, 3.8) is 0 Å². The van der Waals surface area contributed by atoms with Crippen LogP contribution in [-0.4, -0.2) is 29.0 Å². The fraction of sp³-hybridized carbons (Fsp3) is 0.250. The summed E-state index contributed by atoms with van der Waals surface area (Å²) in [4.78, 5) is 28.0. The quantitative estimate of drug-likeness (QED) is 0.639. The molecule has 0 atom stereocenters. The highest BCUT2D eigenvalue weighted by Gasteiger charge is 2.23. The number of anilines is 1. The zero-order valence-electron chi connectivity index (χ0n) is 12.3. The summed E-state index contributed by atoms with van der Waals surface area (Å²) in [5.41, 5.74) is 2.01. The first-order valence-corrected chi connectivity index (χ1v) is 7.27. The zero-order valence-corrected chi connectivity index (χ0v) is 12.3. The van der Waals surface area contributed by atoms with Gasteiger partial charge < -0.3 is 19.8 Å². The maximum absolute atomic E-state index is 12.4. The van der Waals surface area contributed by atoms with Crippen molar-refractivity contribution in [1.29, 1.82) is 0 Å². The number of rotatable bonds is 4. The normalized spacial score (nSPS) is 13.3. The minimum atomic E-state index is -0.629. The Morgan fingerprint density at radius 1 is 1.30 bits per heavy atom. The number of hydrogen-bond acceptors (Lipinski definition) is 5. The minimum Gasteiger partial charge on any atom is -0.476 e. The van der Waals surface area contributed by atoms with E-state index in [1.165, 1.54) is 18.3 Å². The maximum atomic E-state index is 12.4. The molecular formula is C16H15N3O4. The summed E-state index contributed by atoms with van der Waals surface area (Å²) in [6, 6.07) is 10.7. The summed E-state index contributed by atoms with van der Waals surface area (Å²) in [6.45, 7) is 0.356. The van der Waals surface area contributed by atoms with Crippen LogP contribution >= 0.6 is 0 Å². The highest BCUT2D eigenvalue weighted by molar-refractivity contribution is 5.95. The molecular weight excluding hydrogens is 298 g/mol. The number of para-hydroxylation sites is 1. The third-order valence-electron chi connectivity index (χ3n) is 3.69. The molecule has 0 unspecified atom stereocenters. The second-order valence-electron chi connectivity index (χ2n) is 5.15. The van der Waals surface area contributed by atoms with Crippen LogP contribution in [0.3, 0.4) is 0 Å². The van der Waals surface area contributed by atoms with Crippen molar-refractivity contribution in [3.05, 3.63) is 58.3 Å². The summed E-state index contributed by atoms with van der Waals surface area (Å²) in [6.07, 6.45) is 3.14. The van der Waals surface area contributed by atoms with Crippen molar-refractivity contribution in [1.82, 2.24) is 4.98 Å². The highest BCUT2D eigenvalue weighted by atomic mass is 16.6. The number of nitrogens with zero attached hydrogens (tertiary/aromatic N) is 3. The van der Waals surface area contributed by atoms with Gasteiger partial charge in [-0.25, -0.2) is 0 Å². The number of fused-ring (bicyclic) bond motifs is 1. The molecule has 0 saturated carbocycles. The smallest absolute Gasteiger partial charge is 0.406 e. The van der Waals surface area contributed by atoms with Crippen molar-refractivity contribution >= 4 is 17.4 Å². The Balaban J connectivity index is 1.73. The largest absolute Gasteiger partial charge is 0.476 e. The monoisotopic (exact) mass is 313 g/mol. The molecule has 0 aliphatic carbocycles. The van der Waals surface area contributed by atoms with Crippen LogP contribution < -0.4 is 9.64 Å². The molecule has 1 aliphatic rings. The van der Waals surface area contributed by atoms with Gasteiger partial charge in [-0.2, -0.15) is 0 Å². The molecule has 0 N–H and O–H groups in total. The number of pyridine rings is 1. The fourth-order valence-corrected chi connectivity index (χ4v) is 2.64. The Morgan fingerprint density at radius 2 is 2.13 bits per heavy atom. The molecule has 1 aromatic carbocycles. The molecule has 3 rings (SSSR count). The van der Waals surface area contributed by atoms with E-state index in [4.69, 9.17) is 4.74 Å². The van der Waals surface area contributed by atoms with Crippen molar-refractivity contribution in [2.45, 2.75) is 12.8 Å². The number of hydrogen-bond donors (Lipinski definition) is 0. The van der Waals surface area contributed by atoms with E-state index in [1.807, 2.05) is 24.3 Å². The molecule has 0 fully saturated rings. The Labute approximate surface area is 132 Å². The Morgan fingerprint density at radius 3 is 2.96 bits per heavy atom. The number of carbonyl (C=O) groups is 1. The van der Waals surface area contributed by atoms with Gasteiger partial charge in [0.25, 0.3) is 5.91 Å². The van der Waals surface area contributed by atoms with E-state index in [-0.39, 0.29) is 24.1 Å². The van der Waals surface area contributed by atoms with E-state index in [1.54, 1.807) is 4.90 Å². The fourth-order valence-electron chi connectivity index (χ4n) is 2.64. The summed E-state index contributed by atoms with van der Waals surface area (Å²) in [5, 5.41) is 10.9. The van der Waals surface area contributed by atoms with Crippen molar-refractivity contribution in [3.8, 4) is 5.75 Å². The van der Waals surface area contributed by atoms with E-state index in [0.717, 1.165) is 24.1 Å². The average Bonchev–Trinajstić information content (AvgIpc) is 2.59. The van der Waals surface area contributed by atoms with Gasteiger partial charge in [0.15, 0.2) is 6.61 Å². The molecule has 1 aliphatic heterocycles. The molecule has 0 bridgehead atoms. The van der Waals surface area contributed by atoms with Crippen LogP contribution in [0.1, 0.15) is 12.0 Å². The summed E-state index contributed by atoms with van der Waals surface area (Å²) in [7, 11) is 0. The summed E-state index contributed by atoms with van der Waals surface area (Å²) < 4.78 is 5.33. The number of ether oxygens (including phenoxy) is 1. The molecule has 7 nitrogen and oxygen atoms in total. The molecule has 1 amide bonds. The van der Waals surface area contributed by atoms with Gasteiger partial charge in [-0.05, 0) is 46.5 Å². The third kappa shape index (κ3) is 3.13. The first kappa shape index (κ1) is 15.0. The van der Waals surface area contributed by atoms with Gasteiger partial charge in [0.1, 0.15) is 6.20 Å². The second kappa shape index (κ2) is 6.43. The van der Waals surface area contributed by atoms with Gasteiger partial charge >= 0.3 is 5.82 Å². The lowest BCUT2D eigenvalue weighted by molar-refractivity contribution is -0.390. The molecule has 2 heterocycles. The first-order valence-electron chi connectivity index (χ1n) is 7.27. The van der Waals surface area contributed by atoms with Crippen LogP contribution in [0.15, 0.2) is 42.6 Å². The Bertz CT molecular complexity index is 748. The highest BCUT2D eigenvalue weighted by Crippen LogP contribution is 2.27. The van der Waals surface area contributed by atoms with Gasteiger partial charge in [-0.3, -0.25) is 4.79 Å². The van der Waals surface area contributed by atoms with Crippen LogP contribution in [0.4, 0.5) is 11.5 Å². The van der Waals surface area contributed by atoms with E-state index < -0.39 is 4.92 Å². The van der Waals surface area contributed by atoms with E-state index in [2.05, 4.69) is 4.98 Å². The molecule has 0 spiro atoms.